The Labute approximate surface area is 278 Å². The minimum absolute atomic E-state index is 0. The molecule has 2 radical (unpaired) electrons. The number of nitrogens with one attached hydrogen (secondary N) is 2. The summed E-state index contributed by atoms with van der Waals surface area (Å²) in [4.78, 5) is 37.0. The van der Waals surface area contributed by atoms with E-state index in [9.17, 15) is 9.59 Å². The first-order valence-corrected chi connectivity index (χ1v) is 11.8. The van der Waals surface area contributed by atoms with Crippen LogP contribution in [0.15, 0.2) is 0 Å². The second-order valence-electron chi connectivity index (χ2n) is 10.8. The molecule has 0 spiro atoms. The third-order valence-corrected chi connectivity index (χ3v) is 1.46. The van der Waals surface area contributed by atoms with Gasteiger partial charge in [-0.15, -0.1) is 10.8 Å². The molecular formula is C28H62N2O4Y2-4. The molecule has 0 aliphatic heterocycles. The Kier molecular flexibility index (Phi) is 83.0. The van der Waals surface area contributed by atoms with Crippen LogP contribution in [0.5, 0.6) is 0 Å². The van der Waals surface area contributed by atoms with E-state index in [0.717, 1.165) is 0 Å². The molecule has 36 heavy (non-hydrogen) atoms. The SMILES string of the molecule is CC.CC.CC(C)(C)C.CC(C)(C)[C-]=O.CC(C)(C)[C-]=O.CNC(C)(C)C.CN[C-]=O.C[C-]=O.[Y].[Y]. The zero-order valence-electron chi connectivity index (χ0n) is 27.8. The van der Waals surface area contributed by atoms with Gasteiger partial charge < -0.3 is 29.8 Å². The standard InChI is InChI=1S/C5H13N.2C5H9O.C5H12.C2H4NO.C2H3O.2C2H6.2Y/c1-5(2,3)6-4;2*1-5(2,3)4-6;1-5(2,3)4;1-3-2-4;1-2-3;2*1-2;;/h6H,1-4H3;2*1-3H3;1-4H3;1H3,(H,3,4);1H3;2*1-2H3;;/q;2*-1;;2*-1;;;;. The molecule has 218 valence electrons. The Bertz CT molecular complexity index is 368. The number of hydrogen-bond acceptors (Lipinski definition) is 5. The summed E-state index contributed by atoms with van der Waals surface area (Å²) in [5.41, 5.74) is 0.264. The summed E-state index contributed by atoms with van der Waals surface area (Å²) in [5, 5.41) is 5.23. The first-order chi connectivity index (χ1) is 15.0. The smallest absolute Gasteiger partial charge is 0.00935 e. The van der Waals surface area contributed by atoms with Gasteiger partial charge in [0.15, 0.2) is 0 Å². The molecule has 2 N–H and O–H groups in total. The van der Waals surface area contributed by atoms with Crippen molar-refractivity contribution in [3.05, 3.63) is 0 Å². The second kappa shape index (κ2) is 45.6. The molecule has 0 saturated heterocycles. The number of rotatable bonds is 1. The zero-order chi connectivity index (χ0) is 30.2. The van der Waals surface area contributed by atoms with Crippen molar-refractivity contribution in [2.24, 2.45) is 16.2 Å². The maximum Gasteiger partial charge on any atom is 0.00935 e. The van der Waals surface area contributed by atoms with Crippen molar-refractivity contribution in [2.75, 3.05) is 14.1 Å². The van der Waals surface area contributed by atoms with Crippen LogP contribution in [0.2, 0.25) is 0 Å². The predicted molar refractivity (Wildman–Crippen MR) is 153 cm³/mol. The molecule has 6 nitrogen and oxygen atoms in total. The Morgan fingerprint density at radius 1 is 0.528 bits per heavy atom. The Hall–Kier alpha value is 0.648. The van der Waals surface area contributed by atoms with E-state index in [1.165, 1.54) is 26.7 Å². The molecule has 0 atom stereocenters. The maximum absolute atomic E-state index is 9.70. The number of amides is 1. The van der Waals surface area contributed by atoms with Crippen LogP contribution in [0.25, 0.3) is 0 Å². The van der Waals surface area contributed by atoms with Gasteiger partial charge in [0.25, 0.3) is 0 Å². The minimum Gasteiger partial charge on any atom is -0.542 e. The van der Waals surface area contributed by atoms with E-state index < -0.39 is 0 Å². The van der Waals surface area contributed by atoms with E-state index in [1.54, 1.807) is 0 Å². The summed E-state index contributed by atoms with van der Waals surface area (Å²) in [7, 11) is 3.47. The van der Waals surface area contributed by atoms with Gasteiger partial charge in [-0.05, 0) is 40.3 Å². The molecule has 0 aromatic heterocycles. The van der Waals surface area contributed by atoms with Crippen molar-refractivity contribution in [3.63, 3.8) is 0 Å². The summed E-state index contributed by atoms with van der Waals surface area (Å²) in [6.07, 6.45) is 6.64. The van der Waals surface area contributed by atoms with E-state index in [-0.39, 0.29) is 76.2 Å². The molecule has 0 saturated carbocycles. The van der Waals surface area contributed by atoms with Crippen LogP contribution >= 0.6 is 0 Å². The van der Waals surface area contributed by atoms with Gasteiger partial charge in [-0.1, -0.05) is 96.9 Å². The summed E-state index contributed by atoms with van der Waals surface area (Å²) in [6, 6.07) is 0. The molecule has 0 bridgehead atoms. The van der Waals surface area contributed by atoms with Crippen molar-refractivity contribution in [1.82, 2.24) is 10.6 Å². The molecule has 0 unspecified atom stereocenters. The van der Waals surface area contributed by atoms with Gasteiger partial charge in [0, 0.05) is 71.0 Å². The molecule has 0 aromatic carbocycles. The average Bonchev–Trinajstić information content (AvgIpc) is 2.70. The Morgan fingerprint density at radius 3 is 0.611 bits per heavy atom. The van der Waals surface area contributed by atoms with Crippen molar-refractivity contribution < 1.29 is 84.6 Å². The third-order valence-electron chi connectivity index (χ3n) is 1.46. The largest absolute Gasteiger partial charge is 0.542 e. The molecule has 0 fully saturated rings. The van der Waals surface area contributed by atoms with E-state index in [1.807, 2.05) is 88.9 Å². The van der Waals surface area contributed by atoms with Crippen molar-refractivity contribution in [2.45, 2.75) is 130 Å². The normalized spacial score (nSPS) is 8.67. The molecule has 1 amide bonds. The molecule has 0 aliphatic rings. The van der Waals surface area contributed by atoms with Gasteiger partial charge in [0.2, 0.25) is 0 Å². The van der Waals surface area contributed by atoms with E-state index in [2.05, 4.69) is 59.1 Å². The summed E-state index contributed by atoms with van der Waals surface area (Å²) < 4.78 is 0. The molecule has 8 heteroatoms. The van der Waals surface area contributed by atoms with Gasteiger partial charge in [-0.25, -0.2) is 0 Å². The van der Waals surface area contributed by atoms with Crippen LogP contribution < -0.4 is 10.6 Å². The Morgan fingerprint density at radius 2 is 0.611 bits per heavy atom. The van der Waals surface area contributed by atoms with Gasteiger partial charge in [0.05, 0.1) is 0 Å². The van der Waals surface area contributed by atoms with Crippen molar-refractivity contribution >= 4 is 25.3 Å². The summed E-state index contributed by atoms with van der Waals surface area (Å²) in [6.45, 7) is 35.4. The van der Waals surface area contributed by atoms with Crippen LogP contribution in [-0.4, -0.2) is 44.9 Å². The van der Waals surface area contributed by atoms with Gasteiger partial charge >= 0.3 is 0 Å². The maximum atomic E-state index is 9.70. The second-order valence-corrected chi connectivity index (χ2v) is 10.8. The van der Waals surface area contributed by atoms with Gasteiger partial charge in [0.1, 0.15) is 0 Å². The Balaban J connectivity index is -0.0000000274. The topological polar surface area (TPSA) is 92.3 Å². The fraction of sp³-hybridized carbons (Fsp3) is 0.857. The van der Waals surface area contributed by atoms with Crippen LogP contribution in [0.4, 0.5) is 0 Å². The van der Waals surface area contributed by atoms with E-state index >= 15 is 0 Å². The predicted octanol–water partition coefficient (Wildman–Crippen LogP) is 6.78. The van der Waals surface area contributed by atoms with Gasteiger partial charge in [-0.3, -0.25) is 18.9 Å². The number of hydrogen-bond donors (Lipinski definition) is 2. The quantitative estimate of drug-likeness (QED) is 0.238. The van der Waals surface area contributed by atoms with Crippen LogP contribution in [-0.2, 0) is 84.6 Å². The van der Waals surface area contributed by atoms with Gasteiger partial charge in [-0.2, -0.15) is 13.3 Å². The fourth-order valence-electron chi connectivity index (χ4n) is 0. The average molecular weight is 669 g/mol. The summed E-state index contributed by atoms with van der Waals surface area (Å²) in [5.74, 6) is 0. The molecular weight excluding hydrogens is 606 g/mol. The molecule has 0 aliphatic carbocycles. The van der Waals surface area contributed by atoms with Crippen LogP contribution in [0.1, 0.15) is 125 Å². The first-order valence-electron chi connectivity index (χ1n) is 11.8. The fourth-order valence-corrected chi connectivity index (χ4v) is 0. The van der Waals surface area contributed by atoms with E-state index in [0.29, 0.717) is 11.0 Å². The molecule has 0 rings (SSSR count). The minimum atomic E-state index is -0.264. The zero-order valence-corrected chi connectivity index (χ0v) is 33.5. The third kappa shape index (κ3) is 346. The number of carbonyl (C=O) groups excluding carboxylic acids is 4. The van der Waals surface area contributed by atoms with Crippen molar-refractivity contribution in [3.8, 4) is 0 Å². The monoisotopic (exact) mass is 668 g/mol. The van der Waals surface area contributed by atoms with E-state index in [4.69, 9.17) is 9.59 Å². The summed E-state index contributed by atoms with van der Waals surface area (Å²) >= 11 is 0. The first kappa shape index (κ1) is 65.6. The molecule has 0 aromatic rings. The molecule has 0 heterocycles. The van der Waals surface area contributed by atoms with Crippen LogP contribution in [0, 0.1) is 16.2 Å². The van der Waals surface area contributed by atoms with Crippen LogP contribution in [0.3, 0.4) is 0 Å². The van der Waals surface area contributed by atoms with Crippen molar-refractivity contribution in [1.29, 1.82) is 0 Å².